The third-order valence-corrected chi connectivity index (χ3v) is 17.1. The average molecular weight is 1550 g/mol. The van der Waals surface area contributed by atoms with Gasteiger partial charge in [-0.15, -0.1) is 31.3 Å². The Kier molecular flexibility index (Phi) is 22.8. The summed E-state index contributed by atoms with van der Waals surface area (Å²) in [7, 11) is -10.6. The number of carbonyl (C=O) groups is 15. The number of pyridine rings is 2. The van der Waals surface area contributed by atoms with Gasteiger partial charge in [0.15, 0.2) is 33.2 Å². The number of aromatic amines is 2. The Labute approximate surface area is 595 Å². The Balaban J connectivity index is 0.000000300. The van der Waals surface area contributed by atoms with Crippen molar-refractivity contribution < 1.29 is 123 Å². The molecule has 48 nitrogen and oxygen atoms in total. The molecule has 2 unspecified atom stereocenters. The number of likely N-dealkylation sites (tertiary alicyclic amines) is 2. The number of nitrogens with two attached hydrogens (primary N) is 1. The second kappa shape index (κ2) is 30.1. The molecule has 564 valence electrons. The first kappa shape index (κ1) is 79.6. The zero-order valence-corrected chi connectivity index (χ0v) is 58.9. The largest absolute Gasteiger partial charge is 0.503 e. The van der Waals surface area contributed by atoms with Crippen molar-refractivity contribution in [2.45, 2.75) is 104 Å². The van der Waals surface area contributed by atoms with Gasteiger partial charge in [0, 0.05) is 35.3 Å². The van der Waals surface area contributed by atoms with Crippen LogP contribution in [0, 0.1) is 0 Å². The summed E-state index contributed by atoms with van der Waals surface area (Å²) < 4.78 is 63.9. The van der Waals surface area contributed by atoms with Crippen LogP contribution in [0.15, 0.2) is 55.2 Å². The van der Waals surface area contributed by atoms with Crippen LogP contribution in [-0.2, 0) is 77.9 Å². The maximum atomic E-state index is 13.5. The van der Waals surface area contributed by atoms with Crippen molar-refractivity contribution in [3.05, 3.63) is 78.5 Å². The summed E-state index contributed by atoms with van der Waals surface area (Å²) in [5, 5.41) is 45.1. The van der Waals surface area contributed by atoms with E-state index in [1.807, 2.05) is 10.9 Å². The molecular formula is C53H60N20O28S4. The zero-order chi connectivity index (χ0) is 78.7. The third-order valence-electron chi connectivity index (χ3n) is 13.2. The van der Waals surface area contributed by atoms with Crippen LogP contribution in [0.4, 0.5) is 34.2 Å². The number of oxime groups is 2. The highest BCUT2D eigenvalue weighted by Gasteiger charge is 2.51. The van der Waals surface area contributed by atoms with E-state index in [2.05, 4.69) is 46.2 Å². The van der Waals surface area contributed by atoms with E-state index in [9.17, 15) is 114 Å². The van der Waals surface area contributed by atoms with Gasteiger partial charge in [-0.25, -0.2) is 63.0 Å². The number of thiazole rings is 2. The fraction of sp³-hybridized carbons (Fsp3) is 0.377. The van der Waals surface area contributed by atoms with E-state index < -0.39 is 224 Å². The Hall–Kier alpha value is -12.8. The van der Waals surface area contributed by atoms with E-state index in [0.717, 1.165) is 48.9 Å². The molecule has 4 aliphatic heterocycles. The standard InChI is InChI=1S/C31H38N10O15S2.C22H22N10O13S2/c1-29(2,3)54-24(48)31(7,8)56-37-20(16-13-57-25(34-16)35-27(50)55-30(4,5)6)22(46)33-15-11-39(23(15)47)26(49)38-58(52,53)41-19(44)12-40(28(41)51)36-21(45)14-9-17(42)18(43)10-32-14;1-22(2,18(39)40)45-28-14(10-7-46-19(23)26-10)16(37)25-9-5-30(17(9)38)20(41)29-47(43,44)32-13(35)6-31(21(32)42)27-15(36)8-3-11(33)12(34)4-24-8/h9-10,13,15,43H,11-12H2,1-8H3,(H,32,42)(H,33,46)(H,36,45)(H,38,49)(H,34,35,50);3-4,7,9,34H,5-6H2,1-2H3,(H2,23,26)(H,24,33)(H,25,37)(H,27,36)(H,29,41)(H,39,40). The van der Waals surface area contributed by atoms with E-state index in [4.69, 9.17) is 24.9 Å². The predicted octanol–water partition coefficient (Wildman–Crippen LogP) is -3.79. The minimum atomic E-state index is -5.34. The highest BCUT2D eigenvalue weighted by atomic mass is 32.2. The van der Waals surface area contributed by atoms with Crippen LogP contribution in [-0.4, -0.2) is 242 Å². The monoisotopic (exact) mass is 1550 g/mol. The minimum absolute atomic E-state index is 0.0101. The summed E-state index contributed by atoms with van der Waals surface area (Å²) >= 11 is 1.75. The van der Waals surface area contributed by atoms with Crippen molar-refractivity contribution >= 4 is 154 Å². The summed E-state index contributed by atoms with van der Waals surface area (Å²) in [5.74, 6) is -13.5. The van der Waals surface area contributed by atoms with Gasteiger partial charge in [-0.1, -0.05) is 10.3 Å². The van der Waals surface area contributed by atoms with Gasteiger partial charge < -0.3 is 60.8 Å². The second-order valence-electron chi connectivity index (χ2n) is 24.5. The summed E-state index contributed by atoms with van der Waals surface area (Å²) in [6, 6.07) is -8.09. The molecule has 14 N–H and O–H groups in total. The maximum absolute atomic E-state index is 13.5. The van der Waals surface area contributed by atoms with Crippen molar-refractivity contribution in [2.75, 3.05) is 37.2 Å². The lowest BCUT2D eigenvalue weighted by molar-refractivity contribution is -0.179. The molecule has 0 spiro atoms. The number of urea groups is 4. The van der Waals surface area contributed by atoms with Gasteiger partial charge in [-0.05, 0) is 69.2 Å². The van der Waals surface area contributed by atoms with Crippen LogP contribution in [0.3, 0.4) is 0 Å². The number of H-pyrrole nitrogens is 2. The summed E-state index contributed by atoms with van der Waals surface area (Å²) in [5.41, 5.74) is -0.454. The molecule has 0 saturated carbocycles. The average Bonchev–Trinajstić information content (AvgIpc) is 1.20. The first-order valence-corrected chi connectivity index (χ1v) is 33.8. The zero-order valence-electron chi connectivity index (χ0n) is 55.7. The molecule has 8 rings (SSSR count). The molecule has 4 saturated heterocycles. The second-order valence-corrected chi connectivity index (χ2v) is 29.3. The molecule has 0 aliphatic carbocycles. The smallest absolute Gasteiger partial charge is 0.413 e. The number of carboxylic acids is 1. The number of carboxylic acid groups (broad SMARTS) is 1. The van der Waals surface area contributed by atoms with Gasteiger partial charge in [0.2, 0.25) is 22.1 Å². The van der Waals surface area contributed by atoms with E-state index in [1.165, 1.54) is 34.1 Å². The van der Waals surface area contributed by atoms with Gasteiger partial charge in [0.25, 0.3) is 47.3 Å². The molecule has 2 atom stereocenters. The van der Waals surface area contributed by atoms with Gasteiger partial charge in [-0.2, -0.15) is 16.8 Å². The van der Waals surface area contributed by atoms with Crippen LogP contribution in [0.5, 0.6) is 11.5 Å². The molecule has 4 aromatic rings. The van der Waals surface area contributed by atoms with Gasteiger partial charge in [0.05, 0.1) is 13.1 Å². The SMILES string of the molecule is CC(C)(C)OC(=O)Nc1nc(C(=NOC(C)(C)C(=O)OC(C)(C)C)C(=O)NC2CN(C(=O)NS(=O)(=O)N3C(=O)CN(NC(=O)c4cc(=O)c(O)c[nH]4)C3=O)C2=O)cs1.CC(C)(ON=C(C(=O)NC1CN(C(=O)NS(=O)(=O)N2C(=O)CN(NC(=O)c3cc(=O)c(O)c[nH]3)C2=O)C1=O)c1csc(N)n1)C(=O)O. The summed E-state index contributed by atoms with van der Waals surface area (Å²) in [6.07, 6.45) is 0.675. The maximum Gasteiger partial charge on any atom is 0.413 e. The van der Waals surface area contributed by atoms with Gasteiger partial charge in [-0.3, -0.25) is 73.9 Å². The van der Waals surface area contributed by atoms with Crippen LogP contribution in [0.2, 0.25) is 0 Å². The lowest BCUT2D eigenvalue weighted by Crippen LogP contribution is -2.68. The van der Waals surface area contributed by atoms with Crippen LogP contribution in [0.25, 0.3) is 0 Å². The number of aliphatic carboxylic acids is 1. The number of rotatable bonds is 21. The van der Waals surface area contributed by atoms with Crippen LogP contribution < -0.4 is 52.8 Å². The normalized spacial score (nSPS) is 16.6. The number of nitrogen functional groups attached to an aromatic ring is 1. The van der Waals surface area contributed by atoms with E-state index in [1.54, 1.807) is 41.5 Å². The quantitative estimate of drug-likeness (QED) is 0.0125. The van der Waals surface area contributed by atoms with Crippen molar-refractivity contribution in [1.82, 2.24) is 79.3 Å². The highest BCUT2D eigenvalue weighted by molar-refractivity contribution is 7.89. The number of nitrogens with zero attached hydrogens (tertiary/aromatic N) is 10. The first-order valence-electron chi connectivity index (χ1n) is 29.2. The van der Waals surface area contributed by atoms with Crippen molar-refractivity contribution in [3.63, 3.8) is 0 Å². The number of nitrogens with one attached hydrogen (secondary N) is 9. The molecule has 105 heavy (non-hydrogen) atoms. The Morgan fingerprint density at radius 2 is 1.00 bits per heavy atom. The molecule has 8 heterocycles. The number of amides is 17. The van der Waals surface area contributed by atoms with Crippen molar-refractivity contribution in [2.24, 2.45) is 10.3 Å². The molecule has 17 amide bonds. The molecule has 4 aromatic heterocycles. The number of anilines is 2. The molecule has 4 aliphatic rings. The number of hydrogen-bond donors (Lipinski definition) is 13. The van der Waals surface area contributed by atoms with Crippen LogP contribution in [0.1, 0.15) is 102 Å². The minimum Gasteiger partial charge on any atom is -0.503 e. The number of ether oxygens (including phenoxy) is 2. The van der Waals surface area contributed by atoms with Gasteiger partial charge in [0.1, 0.15) is 59.2 Å². The fourth-order valence-corrected chi connectivity index (χ4v) is 11.2. The molecule has 52 heteroatoms. The Morgan fingerprint density at radius 3 is 1.37 bits per heavy atom. The van der Waals surface area contributed by atoms with Crippen LogP contribution >= 0.6 is 22.7 Å². The van der Waals surface area contributed by atoms with Crippen molar-refractivity contribution in [3.8, 4) is 11.5 Å². The fourth-order valence-electron chi connectivity index (χ4n) is 7.91. The molecule has 0 aromatic carbocycles. The number of hydrazine groups is 2. The number of hydrogen-bond acceptors (Lipinski definition) is 34. The third kappa shape index (κ3) is 19.1. The molecule has 0 bridgehead atoms. The first-order chi connectivity index (χ1) is 48.4. The van der Waals surface area contributed by atoms with E-state index >= 15 is 0 Å². The lowest BCUT2D eigenvalue weighted by Gasteiger charge is -2.36. The van der Waals surface area contributed by atoms with Gasteiger partial charge >= 0.3 is 62.6 Å². The lowest BCUT2D eigenvalue weighted by atomic mass is 10.1. The number of carbonyl (C=O) groups excluding carboxylic acids is 14. The Bertz CT molecular complexity index is 4780. The summed E-state index contributed by atoms with van der Waals surface area (Å²) in [4.78, 5) is 236. The summed E-state index contributed by atoms with van der Waals surface area (Å²) in [6.45, 7) is 11.3. The topological polar surface area (TPSA) is 668 Å². The molecule has 0 radical (unpaired) electrons. The number of imide groups is 4. The Morgan fingerprint density at radius 1 is 0.600 bits per heavy atom. The molecule has 4 fully saturated rings. The number of aromatic nitrogens is 4. The highest BCUT2D eigenvalue weighted by Crippen LogP contribution is 2.24. The van der Waals surface area contributed by atoms with Crippen molar-refractivity contribution in [1.29, 1.82) is 0 Å². The number of esters is 1. The number of aromatic hydroxyl groups is 2. The van der Waals surface area contributed by atoms with E-state index in [-0.39, 0.29) is 31.7 Å². The number of β-lactam (4-membered cyclic amide) rings is 2. The predicted molar refractivity (Wildman–Crippen MR) is 348 cm³/mol. The van der Waals surface area contributed by atoms with E-state index in [0.29, 0.717) is 21.9 Å². The molecular weight excluding hydrogens is 1490 g/mol.